The average Bonchev–Trinajstić information content (AvgIpc) is 3.13. The molecule has 7 atom stereocenters. The van der Waals surface area contributed by atoms with Crippen LogP contribution >= 0.6 is 11.6 Å². The van der Waals surface area contributed by atoms with Crippen molar-refractivity contribution in [2.24, 2.45) is 28.6 Å². The molecule has 30 heavy (non-hydrogen) atoms. The number of rotatable bonds is 3. The van der Waals surface area contributed by atoms with E-state index in [9.17, 15) is 4.79 Å². The molecule has 3 aliphatic carbocycles. The monoisotopic (exact) mass is 424 g/mol. The maximum Gasteiger partial charge on any atom is 0.343 e. The van der Waals surface area contributed by atoms with Crippen LogP contribution < -0.4 is 4.48 Å². The summed E-state index contributed by atoms with van der Waals surface area (Å²) in [7, 11) is 0. The maximum atomic E-state index is 13.6. The van der Waals surface area contributed by atoms with Gasteiger partial charge in [-0.25, -0.2) is 9.28 Å². The molecule has 1 unspecified atom stereocenters. The first-order chi connectivity index (χ1) is 14.4. The molecule has 3 saturated carbocycles. The van der Waals surface area contributed by atoms with Crippen LogP contribution in [0.1, 0.15) is 58.8 Å². The Morgan fingerprint density at radius 3 is 2.70 bits per heavy atom. The lowest BCUT2D eigenvalue weighted by atomic mass is 9.48. The summed E-state index contributed by atoms with van der Waals surface area (Å²) in [5, 5.41) is 0.694. The highest BCUT2D eigenvalue weighted by Gasteiger charge is 2.64. The lowest BCUT2D eigenvalue weighted by molar-refractivity contribution is -0.138. The van der Waals surface area contributed by atoms with Crippen molar-refractivity contribution in [2.75, 3.05) is 6.54 Å². The summed E-state index contributed by atoms with van der Waals surface area (Å²) >= 11 is 6.73. The van der Waals surface area contributed by atoms with Crippen LogP contribution in [0.4, 0.5) is 5.69 Å². The van der Waals surface area contributed by atoms with Crippen molar-refractivity contribution in [3.8, 4) is 0 Å². The number of amides is 1. The van der Waals surface area contributed by atoms with Crippen molar-refractivity contribution in [1.82, 2.24) is 4.48 Å². The maximum absolute atomic E-state index is 13.6. The molecule has 3 fully saturated rings. The van der Waals surface area contributed by atoms with Crippen LogP contribution in [-0.4, -0.2) is 18.5 Å². The Morgan fingerprint density at radius 1 is 1.13 bits per heavy atom. The summed E-state index contributed by atoms with van der Waals surface area (Å²) < 4.78 is 0.307. The van der Waals surface area contributed by atoms with Gasteiger partial charge in [0.25, 0.3) is 0 Å². The Morgan fingerprint density at radius 2 is 1.93 bits per heavy atom. The van der Waals surface area contributed by atoms with E-state index in [0.29, 0.717) is 27.4 Å². The van der Waals surface area contributed by atoms with Crippen LogP contribution in [-0.2, 0) is 4.79 Å². The molecule has 160 valence electrons. The minimum absolute atomic E-state index is 0.0168. The zero-order valence-electron chi connectivity index (χ0n) is 18.4. The van der Waals surface area contributed by atoms with Gasteiger partial charge in [-0.3, -0.25) is 0 Å². The molecule has 0 radical (unpaired) electrons. The van der Waals surface area contributed by atoms with Crippen LogP contribution in [0.2, 0.25) is 5.02 Å². The van der Waals surface area contributed by atoms with Gasteiger partial charge in [-0.1, -0.05) is 56.7 Å². The van der Waals surface area contributed by atoms with Gasteiger partial charge < -0.3 is 0 Å². The lowest BCUT2D eigenvalue weighted by Gasteiger charge is -2.61. The number of carbonyl (C=O) groups is 1. The Labute approximate surface area is 186 Å². The molecule has 0 bridgehead atoms. The van der Waals surface area contributed by atoms with Gasteiger partial charge in [-0.05, 0) is 67.4 Å². The Bertz CT molecular complexity index is 908. The molecule has 0 spiro atoms. The smallest absolute Gasteiger partial charge is 0.226 e. The number of hydrogen-bond acceptors (Lipinski definition) is 1. The normalized spacial score (nSPS) is 44.8. The number of nitrogens with zero attached hydrogens (tertiary/aromatic N) is 1. The highest BCUT2D eigenvalue weighted by atomic mass is 35.5. The number of quaternary nitrogens is 1. The zero-order valence-corrected chi connectivity index (χ0v) is 19.2. The largest absolute Gasteiger partial charge is 0.343 e. The molecule has 1 aliphatic heterocycles. The first-order valence-electron chi connectivity index (χ1n) is 11.8. The molecule has 1 amide bonds. The van der Waals surface area contributed by atoms with Gasteiger partial charge in [-0.15, -0.1) is 0 Å². The lowest BCUT2D eigenvalue weighted by Crippen LogP contribution is -2.71. The second-order valence-electron chi connectivity index (χ2n) is 10.9. The van der Waals surface area contributed by atoms with E-state index in [1.54, 1.807) is 0 Å². The Kier molecular flexibility index (Phi) is 4.83. The molecule has 1 heterocycles. The molecule has 0 N–H and O–H groups in total. The summed E-state index contributed by atoms with van der Waals surface area (Å²) in [6, 6.07) is 8.19. The van der Waals surface area contributed by atoms with Crippen LogP contribution in [0, 0.1) is 28.6 Å². The number of fused-ring (bicyclic) bond motifs is 5. The topological polar surface area (TPSA) is 17.1 Å². The zero-order chi connectivity index (χ0) is 21.1. The van der Waals surface area contributed by atoms with Gasteiger partial charge in [-0.2, -0.15) is 0 Å². The van der Waals surface area contributed by atoms with Crippen molar-refractivity contribution >= 4 is 23.2 Å². The summed E-state index contributed by atoms with van der Waals surface area (Å²) in [5.41, 5.74) is 1.52. The van der Waals surface area contributed by atoms with Crippen molar-refractivity contribution in [3.05, 3.63) is 54.1 Å². The van der Waals surface area contributed by atoms with E-state index in [0.717, 1.165) is 23.9 Å². The fourth-order valence-corrected chi connectivity index (χ4v) is 8.70. The van der Waals surface area contributed by atoms with Gasteiger partial charge in [0, 0.05) is 24.0 Å². The fourth-order valence-electron chi connectivity index (χ4n) is 8.41. The van der Waals surface area contributed by atoms with Crippen LogP contribution in [0.15, 0.2) is 49.1 Å². The van der Waals surface area contributed by atoms with Crippen LogP contribution in [0.3, 0.4) is 0 Å². The molecule has 5 rings (SSSR count). The number of benzene rings is 1. The SMILES string of the molecule is C=CC[N+]1(c2ccccc2Cl)C(=O)C=C[C@@]2(C)[C@H]1CC[C@H]1[C@@H]3CCC[C@@]3(C)CC[C@@H]12. The minimum atomic E-state index is 0.0168. The molecule has 1 aromatic rings. The first-order valence-corrected chi connectivity index (χ1v) is 12.2. The average molecular weight is 425 g/mol. The molecular formula is C27H35ClNO+. The van der Waals surface area contributed by atoms with Crippen molar-refractivity contribution in [2.45, 2.75) is 64.8 Å². The summed E-state index contributed by atoms with van der Waals surface area (Å²) in [5.74, 6) is 2.47. The van der Waals surface area contributed by atoms with E-state index in [-0.39, 0.29) is 17.4 Å². The molecule has 3 heteroatoms. The summed E-state index contributed by atoms with van der Waals surface area (Å²) in [4.78, 5) is 13.6. The van der Waals surface area contributed by atoms with Gasteiger partial charge in [0.15, 0.2) is 5.69 Å². The second kappa shape index (κ2) is 7.07. The number of halogens is 1. The first kappa shape index (κ1) is 20.5. The van der Waals surface area contributed by atoms with Gasteiger partial charge in [0.2, 0.25) is 0 Å². The quantitative estimate of drug-likeness (QED) is 0.379. The highest BCUT2D eigenvalue weighted by molar-refractivity contribution is 6.33. The third-order valence-corrected chi connectivity index (χ3v) is 10.0. The third kappa shape index (κ3) is 2.62. The molecule has 0 aromatic heterocycles. The third-order valence-electron chi connectivity index (χ3n) is 9.72. The minimum Gasteiger partial charge on any atom is -0.226 e. The van der Waals surface area contributed by atoms with Crippen molar-refractivity contribution in [3.63, 3.8) is 0 Å². The van der Waals surface area contributed by atoms with E-state index in [1.165, 1.54) is 38.5 Å². The van der Waals surface area contributed by atoms with Gasteiger partial charge in [0.1, 0.15) is 17.6 Å². The molecular weight excluding hydrogens is 390 g/mol. The molecule has 2 nitrogen and oxygen atoms in total. The van der Waals surface area contributed by atoms with Gasteiger partial charge >= 0.3 is 5.91 Å². The van der Waals surface area contributed by atoms with Crippen molar-refractivity contribution in [1.29, 1.82) is 0 Å². The van der Waals surface area contributed by atoms with E-state index < -0.39 is 0 Å². The van der Waals surface area contributed by atoms with E-state index in [4.69, 9.17) is 11.6 Å². The predicted octanol–water partition coefficient (Wildman–Crippen LogP) is 6.93. The number of hydrogen-bond donors (Lipinski definition) is 0. The van der Waals surface area contributed by atoms with Crippen molar-refractivity contribution < 1.29 is 4.79 Å². The second-order valence-corrected chi connectivity index (χ2v) is 11.3. The standard InChI is InChI=1S/C27H35ClNO/c1-4-18-29(23-10-6-5-9-22(23)28)24-12-11-19-20-8-7-15-26(20,2)16-13-21(19)27(24,3)17-14-25(29)30/h4-6,9-10,14,17,19-21,24H,1,7-8,11-13,15-16,18H2,2-3H3/q+1/t19-,20-,21-,24+,26-,27+,29?/m0/s1. The molecule has 4 aliphatic rings. The van der Waals surface area contributed by atoms with E-state index in [2.05, 4.69) is 32.6 Å². The fraction of sp³-hybridized carbons (Fsp3) is 0.593. The molecule has 1 aromatic carbocycles. The Balaban J connectivity index is 1.63. The predicted molar refractivity (Wildman–Crippen MR) is 125 cm³/mol. The van der Waals surface area contributed by atoms with Crippen LogP contribution in [0.5, 0.6) is 0 Å². The number of carbonyl (C=O) groups excluding carboxylic acids is 1. The Hall–Kier alpha value is -1.38. The summed E-state index contributed by atoms with van der Waals surface area (Å²) in [6.45, 7) is 9.65. The number of para-hydroxylation sites is 1. The highest BCUT2D eigenvalue weighted by Crippen LogP contribution is 2.65. The van der Waals surface area contributed by atoms with E-state index >= 15 is 0 Å². The van der Waals surface area contributed by atoms with E-state index in [1.807, 2.05) is 30.4 Å². The molecule has 0 saturated heterocycles. The van der Waals surface area contributed by atoms with Crippen LogP contribution in [0.25, 0.3) is 0 Å². The summed E-state index contributed by atoms with van der Waals surface area (Å²) in [6.07, 6.45) is 15.3. The van der Waals surface area contributed by atoms with Gasteiger partial charge in [0.05, 0.1) is 0 Å².